The molecule has 1 aromatic heterocycles. The topological polar surface area (TPSA) is 88.4 Å². The number of hydrogen-bond acceptors (Lipinski definition) is 6. The second-order valence-electron chi connectivity index (χ2n) is 7.87. The third-order valence-electron chi connectivity index (χ3n) is 5.42. The van der Waals surface area contributed by atoms with Crippen LogP contribution < -0.4 is 0 Å². The minimum Gasteiger partial charge on any atom is -0.339 e. The van der Waals surface area contributed by atoms with Gasteiger partial charge in [-0.15, -0.1) is 10.2 Å². The van der Waals surface area contributed by atoms with Crippen molar-refractivity contribution >= 4 is 27.7 Å². The standard InChI is InChI=1S/C20H29N5O3S2/c1-14(2)19-21-22-20(23(19)5)29-13-18(26)24-8-10-25(11-9-24)30(27,28)17-7-6-15(3)16(4)12-17/h6-7,12,14H,8-11,13H2,1-5H3. The Morgan fingerprint density at radius 1 is 1.10 bits per heavy atom. The molecule has 0 radical (unpaired) electrons. The number of carbonyl (C=O) groups is 1. The Bertz CT molecular complexity index is 1030. The highest BCUT2D eigenvalue weighted by atomic mass is 32.2. The number of sulfonamides is 1. The zero-order valence-electron chi connectivity index (χ0n) is 18.1. The van der Waals surface area contributed by atoms with Crippen molar-refractivity contribution in [2.24, 2.45) is 7.05 Å². The first kappa shape index (κ1) is 22.8. The molecule has 1 amide bonds. The van der Waals surface area contributed by atoms with Crippen molar-refractivity contribution in [3.05, 3.63) is 35.2 Å². The van der Waals surface area contributed by atoms with E-state index in [-0.39, 0.29) is 17.6 Å². The van der Waals surface area contributed by atoms with Gasteiger partial charge in [0.15, 0.2) is 5.16 Å². The molecule has 30 heavy (non-hydrogen) atoms. The van der Waals surface area contributed by atoms with Gasteiger partial charge in [-0.1, -0.05) is 31.7 Å². The number of aromatic nitrogens is 3. The average molecular weight is 452 g/mol. The number of aryl methyl sites for hydroxylation is 2. The van der Waals surface area contributed by atoms with E-state index >= 15 is 0 Å². The third-order valence-corrected chi connectivity index (χ3v) is 8.32. The summed E-state index contributed by atoms with van der Waals surface area (Å²) in [7, 11) is -1.65. The maximum Gasteiger partial charge on any atom is 0.243 e. The average Bonchev–Trinajstić information content (AvgIpc) is 3.09. The van der Waals surface area contributed by atoms with E-state index < -0.39 is 10.0 Å². The summed E-state index contributed by atoms with van der Waals surface area (Å²) < 4.78 is 29.2. The normalized spacial score (nSPS) is 15.7. The molecule has 1 aliphatic heterocycles. The van der Waals surface area contributed by atoms with Gasteiger partial charge in [0, 0.05) is 39.1 Å². The zero-order chi connectivity index (χ0) is 22.1. The number of carbonyl (C=O) groups excluding carboxylic acids is 1. The van der Waals surface area contributed by atoms with Crippen LogP contribution in [0.5, 0.6) is 0 Å². The molecule has 164 valence electrons. The maximum absolute atomic E-state index is 12.9. The van der Waals surface area contributed by atoms with Crippen molar-refractivity contribution < 1.29 is 13.2 Å². The molecule has 1 aromatic carbocycles. The number of amides is 1. The molecule has 0 saturated carbocycles. The van der Waals surface area contributed by atoms with Crippen LogP contribution in [0, 0.1) is 13.8 Å². The SMILES string of the molecule is Cc1ccc(S(=O)(=O)N2CCN(C(=O)CSc3nnc(C(C)C)n3C)CC2)cc1C. The molecule has 0 atom stereocenters. The van der Waals surface area contributed by atoms with Crippen molar-refractivity contribution in [3.8, 4) is 0 Å². The van der Waals surface area contributed by atoms with E-state index in [9.17, 15) is 13.2 Å². The Kier molecular flexibility index (Phi) is 6.88. The van der Waals surface area contributed by atoms with Gasteiger partial charge in [-0.3, -0.25) is 4.79 Å². The van der Waals surface area contributed by atoms with Crippen LogP contribution in [0.4, 0.5) is 0 Å². The minimum atomic E-state index is -3.55. The largest absolute Gasteiger partial charge is 0.339 e. The molecule has 1 saturated heterocycles. The molecule has 0 bridgehead atoms. The van der Waals surface area contributed by atoms with E-state index in [4.69, 9.17) is 0 Å². The molecule has 1 aliphatic rings. The fourth-order valence-electron chi connectivity index (χ4n) is 3.37. The van der Waals surface area contributed by atoms with Crippen molar-refractivity contribution in [1.82, 2.24) is 24.0 Å². The number of thioether (sulfide) groups is 1. The van der Waals surface area contributed by atoms with Crippen LogP contribution in [0.3, 0.4) is 0 Å². The lowest BCUT2D eigenvalue weighted by molar-refractivity contribution is -0.129. The number of piperazine rings is 1. The smallest absolute Gasteiger partial charge is 0.243 e. The van der Waals surface area contributed by atoms with Crippen molar-refractivity contribution in [3.63, 3.8) is 0 Å². The molecule has 0 N–H and O–H groups in total. The lowest BCUT2D eigenvalue weighted by Gasteiger charge is -2.34. The number of rotatable bonds is 6. The summed E-state index contributed by atoms with van der Waals surface area (Å²) in [4.78, 5) is 14.6. The molecular formula is C20H29N5O3S2. The predicted molar refractivity (Wildman–Crippen MR) is 117 cm³/mol. The Morgan fingerprint density at radius 3 is 2.33 bits per heavy atom. The number of hydrogen-bond donors (Lipinski definition) is 0. The second-order valence-corrected chi connectivity index (χ2v) is 10.8. The highest BCUT2D eigenvalue weighted by Crippen LogP contribution is 2.22. The van der Waals surface area contributed by atoms with Gasteiger partial charge in [0.2, 0.25) is 15.9 Å². The fraction of sp³-hybridized carbons (Fsp3) is 0.550. The van der Waals surface area contributed by atoms with Crippen LogP contribution in [0.1, 0.15) is 36.7 Å². The Morgan fingerprint density at radius 2 is 1.77 bits per heavy atom. The second kappa shape index (κ2) is 9.07. The molecule has 10 heteroatoms. The van der Waals surface area contributed by atoms with Gasteiger partial charge >= 0.3 is 0 Å². The van der Waals surface area contributed by atoms with Gasteiger partial charge < -0.3 is 9.47 Å². The molecular weight excluding hydrogens is 422 g/mol. The van der Waals surface area contributed by atoms with Crippen molar-refractivity contribution in [2.75, 3.05) is 31.9 Å². The highest BCUT2D eigenvalue weighted by Gasteiger charge is 2.30. The first-order valence-corrected chi connectivity index (χ1v) is 12.4. The van der Waals surface area contributed by atoms with Crippen LogP contribution in [0.2, 0.25) is 0 Å². The number of benzene rings is 1. The van der Waals surface area contributed by atoms with Crippen LogP contribution >= 0.6 is 11.8 Å². The van der Waals surface area contributed by atoms with Gasteiger partial charge in [0.25, 0.3) is 0 Å². The van der Waals surface area contributed by atoms with Crippen LogP contribution in [-0.4, -0.2) is 70.2 Å². The Hall–Kier alpha value is -1.91. The van der Waals surface area contributed by atoms with E-state index in [2.05, 4.69) is 24.0 Å². The van der Waals surface area contributed by atoms with E-state index in [0.29, 0.717) is 36.2 Å². The summed E-state index contributed by atoms with van der Waals surface area (Å²) in [5.41, 5.74) is 2.01. The lowest BCUT2D eigenvalue weighted by Crippen LogP contribution is -2.51. The first-order valence-electron chi connectivity index (χ1n) is 9.98. The first-order chi connectivity index (χ1) is 14.1. The molecule has 2 aromatic rings. The maximum atomic E-state index is 12.9. The Balaban J connectivity index is 1.57. The van der Waals surface area contributed by atoms with E-state index in [1.165, 1.54) is 16.1 Å². The highest BCUT2D eigenvalue weighted by molar-refractivity contribution is 7.99. The Labute approximate surface area is 182 Å². The molecule has 1 fully saturated rings. The van der Waals surface area contributed by atoms with Crippen LogP contribution in [0.15, 0.2) is 28.3 Å². The number of nitrogens with zero attached hydrogens (tertiary/aromatic N) is 5. The third kappa shape index (κ3) is 4.70. The minimum absolute atomic E-state index is 0.0164. The molecule has 2 heterocycles. The van der Waals surface area contributed by atoms with Crippen LogP contribution in [0.25, 0.3) is 0 Å². The molecule has 8 nitrogen and oxygen atoms in total. The summed E-state index contributed by atoms with van der Waals surface area (Å²) >= 11 is 1.36. The lowest BCUT2D eigenvalue weighted by atomic mass is 10.1. The predicted octanol–water partition coefficient (Wildman–Crippen LogP) is 2.18. The quantitative estimate of drug-likeness (QED) is 0.626. The van der Waals surface area contributed by atoms with Crippen molar-refractivity contribution in [1.29, 1.82) is 0 Å². The summed E-state index contributed by atoms with van der Waals surface area (Å²) in [6.45, 7) is 9.34. The summed E-state index contributed by atoms with van der Waals surface area (Å²) in [5, 5.41) is 9.05. The fourth-order valence-corrected chi connectivity index (χ4v) is 5.70. The van der Waals surface area contributed by atoms with Gasteiger partial charge in [0.05, 0.1) is 10.6 Å². The van der Waals surface area contributed by atoms with Gasteiger partial charge in [-0.05, 0) is 37.1 Å². The zero-order valence-corrected chi connectivity index (χ0v) is 19.8. The molecule has 0 aliphatic carbocycles. The molecule has 3 rings (SSSR count). The summed E-state index contributed by atoms with van der Waals surface area (Å²) in [6, 6.07) is 5.19. The van der Waals surface area contributed by atoms with E-state index in [1.54, 1.807) is 17.0 Å². The molecule has 0 unspecified atom stereocenters. The van der Waals surface area contributed by atoms with Gasteiger partial charge in [-0.2, -0.15) is 4.31 Å². The van der Waals surface area contributed by atoms with Gasteiger partial charge in [-0.25, -0.2) is 8.42 Å². The molecule has 0 spiro atoms. The van der Waals surface area contributed by atoms with Crippen LogP contribution in [-0.2, 0) is 21.9 Å². The monoisotopic (exact) mass is 451 g/mol. The van der Waals surface area contributed by atoms with Crippen molar-refractivity contribution in [2.45, 2.75) is 43.7 Å². The van der Waals surface area contributed by atoms with E-state index in [1.807, 2.05) is 31.5 Å². The summed E-state index contributed by atoms with van der Waals surface area (Å²) in [6.07, 6.45) is 0. The summed E-state index contributed by atoms with van der Waals surface area (Å²) in [5.74, 6) is 1.39. The van der Waals surface area contributed by atoms with Gasteiger partial charge in [0.1, 0.15) is 5.82 Å². The van der Waals surface area contributed by atoms with E-state index in [0.717, 1.165) is 17.0 Å².